The summed E-state index contributed by atoms with van der Waals surface area (Å²) in [6, 6.07) is 0.699. The van der Waals surface area contributed by atoms with Gasteiger partial charge >= 0.3 is 0 Å². The zero-order chi connectivity index (χ0) is 14.3. The molecule has 0 radical (unpaired) electrons. The van der Waals surface area contributed by atoms with E-state index in [0.29, 0.717) is 11.6 Å². The standard InChI is InChI=1S/C17H34N2/c1-6-7-8-9-10-11-17(4,5)19-14-12-18(13-15-19)16(2)3/h7-8,16H,6,9-15H2,1-5H3. The molecule has 112 valence electrons. The highest BCUT2D eigenvalue weighted by molar-refractivity contribution is 4.88. The van der Waals surface area contributed by atoms with Crippen LogP contribution in [0.2, 0.25) is 0 Å². The lowest BCUT2D eigenvalue weighted by Gasteiger charge is -2.45. The van der Waals surface area contributed by atoms with Gasteiger partial charge in [-0.05, 0) is 53.4 Å². The topological polar surface area (TPSA) is 6.48 Å². The van der Waals surface area contributed by atoms with Crippen LogP contribution in [-0.4, -0.2) is 47.6 Å². The van der Waals surface area contributed by atoms with Crippen LogP contribution in [-0.2, 0) is 0 Å². The van der Waals surface area contributed by atoms with Gasteiger partial charge in [0.25, 0.3) is 0 Å². The minimum atomic E-state index is 0.364. The third kappa shape index (κ3) is 5.66. The molecule has 1 fully saturated rings. The molecule has 0 atom stereocenters. The summed E-state index contributed by atoms with van der Waals surface area (Å²) < 4.78 is 0. The van der Waals surface area contributed by atoms with Gasteiger partial charge in [-0.25, -0.2) is 0 Å². The summed E-state index contributed by atoms with van der Waals surface area (Å²) in [7, 11) is 0. The van der Waals surface area contributed by atoms with E-state index in [9.17, 15) is 0 Å². The number of hydrogen-bond donors (Lipinski definition) is 0. The molecule has 0 aliphatic carbocycles. The fourth-order valence-electron chi connectivity index (χ4n) is 2.94. The Hall–Kier alpha value is -0.340. The zero-order valence-electron chi connectivity index (χ0n) is 13.8. The molecule has 0 aromatic rings. The predicted octanol–water partition coefficient (Wildman–Crippen LogP) is 3.93. The van der Waals surface area contributed by atoms with E-state index in [2.05, 4.69) is 56.6 Å². The molecule has 2 nitrogen and oxygen atoms in total. The first-order valence-electron chi connectivity index (χ1n) is 8.11. The number of piperazine rings is 1. The molecule has 0 spiro atoms. The van der Waals surface area contributed by atoms with Crippen molar-refractivity contribution in [1.82, 2.24) is 9.80 Å². The van der Waals surface area contributed by atoms with E-state index in [1.54, 1.807) is 0 Å². The fourth-order valence-corrected chi connectivity index (χ4v) is 2.94. The molecule has 1 aliphatic rings. The first-order chi connectivity index (χ1) is 8.97. The average Bonchev–Trinajstić information content (AvgIpc) is 2.38. The maximum absolute atomic E-state index is 2.69. The Balaban J connectivity index is 2.31. The van der Waals surface area contributed by atoms with Gasteiger partial charge in [-0.3, -0.25) is 9.80 Å². The first kappa shape index (κ1) is 16.7. The zero-order valence-corrected chi connectivity index (χ0v) is 13.8. The minimum absolute atomic E-state index is 0.364. The Morgan fingerprint density at radius 3 is 2.21 bits per heavy atom. The number of allylic oxidation sites excluding steroid dienone is 2. The molecule has 0 unspecified atom stereocenters. The van der Waals surface area contributed by atoms with E-state index < -0.39 is 0 Å². The van der Waals surface area contributed by atoms with Crippen LogP contribution >= 0.6 is 0 Å². The second-order valence-electron chi connectivity index (χ2n) is 6.70. The van der Waals surface area contributed by atoms with Gasteiger partial charge in [0.2, 0.25) is 0 Å². The Bertz CT molecular complexity index is 260. The summed E-state index contributed by atoms with van der Waals surface area (Å²) in [6.45, 7) is 16.6. The van der Waals surface area contributed by atoms with Crippen molar-refractivity contribution >= 4 is 0 Å². The van der Waals surface area contributed by atoms with Crippen molar-refractivity contribution in [3.8, 4) is 0 Å². The second-order valence-corrected chi connectivity index (χ2v) is 6.70. The van der Waals surface area contributed by atoms with Crippen molar-refractivity contribution in [3.05, 3.63) is 12.2 Å². The van der Waals surface area contributed by atoms with Crippen molar-refractivity contribution < 1.29 is 0 Å². The molecule has 1 rings (SSSR count). The molecule has 1 aliphatic heterocycles. The van der Waals surface area contributed by atoms with Crippen molar-refractivity contribution in [3.63, 3.8) is 0 Å². The van der Waals surface area contributed by atoms with Gasteiger partial charge in [0.15, 0.2) is 0 Å². The van der Waals surface area contributed by atoms with Crippen LogP contribution in [0.25, 0.3) is 0 Å². The summed E-state index contributed by atoms with van der Waals surface area (Å²) >= 11 is 0. The predicted molar refractivity (Wildman–Crippen MR) is 85.6 cm³/mol. The number of nitrogens with zero attached hydrogens (tertiary/aromatic N) is 2. The first-order valence-corrected chi connectivity index (χ1v) is 8.11. The lowest BCUT2D eigenvalue weighted by Crippen LogP contribution is -2.55. The van der Waals surface area contributed by atoms with Crippen molar-refractivity contribution in [2.75, 3.05) is 26.2 Å². The molecule has 1 heterocycles. The highest BCUT2D eigenvalue weighted by Gasteiger charge is 2.29. The summed E-state index contributed by atoms with van der Waals surface area (Å²) in [6.07, 6.45) is 9.65. The van der Waals surface area contributed by atoms with Crippen molar-refractivity contribution in [2.45, 2.75) is 71.9 Å². The van der Waals surface area contributed by atoms with Gasteiger partial charge < -0.3 is 0 Å². The van der Waals surface area contributed by atoms with Crippen molar-refractivity contribution in [2.24, 2.45) is 0 Å². The molecule has 0 aromatic carbocycles. The van der Waals surface area contributed by atoms with Gasteiger partial charge in [-0.1, -0.05) is 19.1 Å². The molecule has 1 saturated heterocycles. The fraction of sp³-hybridized carbons (Fsp3) is 0.882. The molecule has 0 amide bonds. The Kier molecular flexibility index (Phi) is 7.09. The molecular weight excluding hydrogens is 232 g/mol. The van der Waals surface area contributed by atoms with Crippen LogP contribution in [0.15, 0.2) is 12.2 Å². The number of hydrogen-bond acceptors (Lipinski definition) is 2. The van der Waals surface area contributed by atoms with Gasteiger partial charge in [-0.15, -0.1) is 0 Å². The van der Waals surface area contributed by atoms with Crippen LogP contribution in [0.3, 0.4) is 0 Å². The van der Waals surface area contributed by atoms with E-state index in [1.165, 1.54) is 51.9 Å². The van der Waals surface area contributed by atoms with Crippen LogP contribution in [0.5, 0.6) is 0 Å². The lowest BCUT2D eigenvalue weighted by molar-refractivity contribution is 0.0350. The quantitative estimate of drug-likeness (QED) is 0.509. The van der Waals surface area contributed by atoms with Crippen LogP contribution in [0.4, 0.5) is 0 Å². The highest BCUT2D eigenvalue weighted by Crippen LogP contribution is 2.23. The summed E-state index contributed by atoms with van der Waals surface area (Å²) in [5.74, 6) is 0. The van der Waals surface area contributed by atoms with E-state index >= 15 is 0 Å². The largest absolute Gasteiger partial charge is 0.298 e. The Labute approximate surface area is 120 Å². The Morgan fingerprint density at radius 1 is 1.05 bits per heavy atom. The summed E-state index contributed by atoms with van der Waals surface area (Å²) in [5, 5.41) is 0. The van der Waals surface area contributed by atoms with Crippen molar-refractivity contribution in [1.29, 1.82) is 0 Å². The van der Waals surface area contributed by atoms with Crippen LogP contribution < -0.4 is 0 Å². The van der Waals surface area contributed by atoms with Crippen LogP contribution in [0, 0.1) is 0 Å². The maximum atomic E-state index is 2.69. The van der Waals surface area contributed by atoms with E-state index in [0.717, 1.165) is 0 Å². The molecule has 0 bridgehead atoms. The SMILES string of the molecule is CCC=CCCCC(C)(C)N1CCN(C(C)C)CC1. The average molecular weight is 266 g/mol. The van der Waals surface area contributed by atoms with Gasteiger partial charge in [0, 0.05) is 37.8 Å². The highest BCUT2D eigenvalue weighted by atomic mass is 15.3. The smallest absolute Gasteiger partial charge is 0.0154 e. The molecular formula is C17H34N2. The number of unbranched alkanes of at least 4 members (excludes halogenated alkanes) is 1. The molecule has 0 saturated carbocycles. The molecule has 0 N–H and O–H groups in total. The third-order valence-electron chi connectivity index (χ3n) is 4.46. The molecule has 2 heteroatoms. The van der Waals surface area contributed by atoms with Gasteiger partial charge in [0.05, 0.1) is 0 Å². The minimum Gasteiger partial charge on any atom is -0.298 e. The summed E-state index contributed by atoms with van der Waals surface area (Å²) in [5.41, 5.74) is 0.364. The molecule has 0 aromatic heterocycles. The Morgan fingerprint density at radius 2 is 1.68 bits per heavy atom. The van der Waals surface area contributed by atoms with E-state index in [1.807, 2.05) is 0 Å². The molecule has 19 heavy (non-hydrogen) atoms. The second kappa shape index (κ2) is 8.06. The maximum Gasteiger partial charge on any atom is 0.0154 e. The summed E-state index contributed by atoms with van der Waals surface area (Å²) in [4.78, 5) is 5.28. The van der Waals surface area contributed by atoms with E-state index in [4.69, 9.17) is 0 Å². The van der Waals surface area contributed by atoms with Crippen LogP contribution in [0.1, 0.15) is 60.3 Å². The lowest BCUT2D eigenvalue weighted by atomic mass is 9.94. The normalized spacial score (nSPS) is 19.7. The van der Waals surface area contributed by atoms with Gasteiger partial charge in [-0.2, -0.15) is 0 Å². The number of rotatable bonds is 7. The third-order valence-corrected chi connectivity index (χ3v) is 4.46. The van der Waals surface area contributed by atoms with Gasteiger partial charge in [0.1, 0.15) is 0 Å². The monoisotopic (exact) mass is 266 g/mol. The van der Waals surface area contributed by atoms with E-state index in [-0.39, 0.29) is 0 Å².